The molecule has 1 saturated heterocycles. The number of hydrogen-bond acceptors (Lipinski definition) is 4. The molecule has 2 aromatic heterocycles. The van der Waals surface area contributed by atoms with Crippen LogP contribution >= 0.6 is 0 Å². The number of pyridine rings is 2. The molecular formula is C26H27F3N4O. The second-order valence-electron chi connectivity index (χ2n) is 8.71. The third-order valence-corrected chi connectivity index (χ3v) is 6.28. The molecule has 3 aromatic rings. The maximum absolute atomic E-state index is 13.8. The van der Waals surface area contributed by atoms with E-state index in [0.29, 0.717) is 24.6 Å². The number of nitrogens with zero attached hydrogens (tertiary/aromatic N) is 3. The number of aryl methyl sites for hydroxylation is 1. The average Bonchev–Trinajstić information content (AvgIpc) is 2.83. The van der Waals surface area contributed by atoms with Gasteiger partial charge in [-0.2, -0.15) is 13.2 Å². The fourth-order valence-electron chi connectivity index (χ4n) is 4.39. The van der Waals surface area contributed by atoms with E-state index in [1.807, 2.05) is 54.3 Å². The van der Waals surface area contributed by atoms with Gasteiger partial charge in [0.1, 0.15) is 11.5 Å². The van der Waals surface area contributed by atoms with E-state index in [-0.39, 0.29) is 17.9 Å². The summed E-state index contributed by atoms with van der Waals surface area (Å²) >= 11 is 0. The lowest BCUT2D eigenvalue weighted by Crippen LogP contribution is -2.51. The van der Waals surface area contributed by atoms with E-state index >= 15 is 0 Å². The molecule has 178 valence electrons. The molecule has 0 unspecified atom stereocenters. The number of anilines is 1. The smallest absolute Gasteiger partial charge is 0.368 e. The van der Waals surface area contributed by atoms with Gasteiger partial charge in [-0.1, -0.05) is 43.3 Å². The third kappa shape index (κ3) is 5.21. The number of carbonyl (C=O) groups is 1. The highest BCUT2D eigenvalue weighted by Gasteiger charge is 2.34. The van der Waals surface area contributed by atoms with Gasteiger partial charge >= 0.3 is 6.18 Å². The zero-order chi connectivity index (χ0) is 24.3. The second-order valence-corrected chi connectivity index (χ2v) is 8.71. The Morgan fingerprint density at radius 2 is 1.88 bits per heavy atom. The molecule has 0 radical (unpaired) electrons. The summed E-state index contributed by atoms with van der Waals surface area (Å²) < 4.78 is 38.5. The van der Waals surface area contributed by atoms with Crippen LogP contribution in [0.1, 0.15) is 41.5 Å². The minimum absolute atomic E-state index is 0.138. The first-order chi connectivity index (χ1) is 16.2. The topological polar surface area (TPSA) is 58.1 Å². The fraction of sp³-hybridized carbons (Fsp3) is 0.346. The van der Waals surface area contributed by atoms with Crippen LogP contribution in [-0.4, -0.2) is 39.9 Å². The summed E-state index contributed by atoms with van der Waals surface area (Å²) in [7, 11) is 0. The largest absolute Gasteiger partial charge is 0.417 e. The lowest BCUT2D eigenvalue weighted by Gasteiger charge is -2.40. The Morgan fingerprint density at radius 3 is 2.56 bits per heavy atom. The zero-order valence-corrected chi connectivity index (χ0v) is 19.1. The van der Waals surface area contributed by atoms with E-state index < -0.39 is 11.7 Å². The number of nitrogens with one attached hydrogen (secondary N) is 1. The van der Waals surface area contributed by atoms with Crippen molar-refractivity contribution in [3.05, 3.63) is 77.7 Å². The number of piperidine rings is 1. The van der Waals surface area contributed by atoms with Crippen molar-refractivity contribution in [2.24, 2.45) is 5.92 Å². The third-order valence-electron chi connectivity index (χ3n) is 6.28. The Morgan fingerprint density at radius 1 is 1.12 bits per heavy atom. The van der Waals surface area contributed by atoms with E-state index in [9.17, 15) is 18.0 Å². The normalized spacial score (nSPS) is 18.6. The molecule has 0 spiro atoms. The molecule has 0 aliphatic carbocycles. The van der Waals surface area contributed by atoms with Gasteiger partial charge < -0.3 is 10.2 Å². The number of carbonyl (C=O) groups excluding carboxylic acids is 1. The van der Waals surface area contributed by atoms with Gasteiger partial charge in [-0.15, -0.1) is 0 Å². The monoisotopic (exact) mass is 468 g/mol. The van der Waals surface area contributed by atoms with Crippen molar-refractivity contribution in [3.63, 3.8) is 0 Å². The summed E-state index contributed by atoms with van der Waals surface area (Å²) in [6.45, 7) is 4.94. The molecule has 0 saturated carbocycles. The first-order valence-corrected chi connectivity index (χ1v) is 11.3. The summed E-state index contributed by atoms with van der Waals surface area (Å²) in [6, 6.07) is 15.7. The highest BCUT2D eigenvalue weighted by atomic mass is 19.4. The second kappa shape index (κ2) is 9.83. The summed E-state index contributed by atoms with van der Waals surface area (Å²) in [6.07, 6.45) is -1.76. The molecule has 1 N–H and O–H groups in total. The van der Waals surface area contributed by atoms with Crippen molar-refractivity contribution >= 4 is 11.7 Å². The number of likely N-dealkylation sites (tertiary alicyclic amines) is 1. The van der Waals surface area contributed by atoms with Crippen LogP contribution in [0.2, 0.25) is 0 Å². The molecule has 5 nitrogen and oxygen atoms in total. The standard InChI is InChI=1S/C26H27F3N4O/c1-17-7-6-14-33(22(17)16-31-23-13-11-20(15-30-23)26(27,28)29)25(34)24-21(12-10-18(2)32-24)19-8-4-3-5-9-19/h3-5,8-13,15,17,22H,6-7,14,16H2,1-2H3,(H,30,31)/t17-,22-/m1/s1. The number of amides is 1. The Kier molecular flexibility index (Phi) is 6.86. The molecule has 1 aliphatic rings. The van der Waals surface area contributed by atoms with Crippen LogP contribution in [0.25, 0.3) is 11.1 Å². The maximum Gasteiger partial charge on any atom is 0.417 e. The number of hydrogen-bond donors (Lipinski definition) is 1. The molecule has 8 heteroatoms. The lowest BCUT2D eigenvalue weighted by molar-refractivity contribution is -0.137. The number of aromatic nitrogens is 2. The Labute approximate surface area is 197 Å². The Balaban J connectivity index is 1.57. The van der Waals surface area contributed by atoms with Crippen molar-refractivity contribution in [3.8, 4) is 11.1 Å². The van der Waals surface area contributed by atoms with Crippen LogP contribution in [0, 0.1) is 12.8 Å². The number of benzene rings is 1. The van der Waals surface area contributed by atoms with Gasteiger partial charge in [0.2, 0.25) is 0 Å². The predicted octanol–water partition coefficient (Wildman–Crippen LogP) is 5.82. The predicted molar refractivity (Wildman–Crippen MR) is 125 cm³/mol. The van der Waals surface area contributed by atoms with Gasteiger partial charge in [0.25, 0.3) is 5.91 Å². The molecule has 3 heterocycles. The number of rotatable bonds is 5. The van der Waals surface area contributed by atoms with Gasteiger partial charge in [0, 0.05) is 30.5 Å². The Hall–Kier alpha value is -3.42. The summed E-state index contributed by atoms with van der Waals surface area (Å²) in [5, 5.41) is 3.12. The zero-order valence-electron chi connectivity index (χ0n) is 19.1. The van der Waals surface area contributed by atoms with E-state index in [1.54, 1.807) is 0 Å². The first kappa shape index (κ1) is 23.7. The Bertz CT molecular complexity index is 1130. The molecule has 1 fully saturated rings. The van der Waals surface area contributed by atoms with E-state index in [4.69, 9.17) is 0 Å². The highest BCUT2D eigenvalue weighted by molar-refractivity contribution is 5.99. The quantitative estimate of drug-likeness (QED) is 0.512. The molecule has 1 aromatic carbocycles. The summed E-state index contributed by atoms with van der Waals surface area (Å²) in [4.78, 5) is 24.1. The molecule has 1 aliphatic heterocycles. The fourth-order valence-corrected chi connectivity index (χ4v) is 4.39. The molecule has 2 atom stereocenters. The maximum atomic E-state index is 13.8. The summed E-state index contributed by atoms with van der Waals surface area (Å²) in [5.41, 5.74) is 2.09. The van der Waals surface area contributed by atoms with Crippen LogP contribution < -0.4 is 5.32 Å². The van der Waals surface area contributed by atoms with Crippen LogP contribution in [0.15, 0.2) is 60.8 Å². The van der Waals surface area contributed by atoms with E-state index in [2.05, 4.69) is 22.2 Å². The van der Waals surface area contributed by atoms with Gasteiger partial charge in [-0.25, -0.2) is 9.97 Å². The van der Waals surface area contributed by atoms with Crippen molar-refractivity contribution < 1.29 is 18.0 Å². The number of alkyl halides is 3. The summed E-state index contributed by atoms with van der Waals surface area (Å²) in [5.74, 6) is 0.419. The minimum Gasteiger partial charge on any atom is -0.368 e. The van der Waals surface area contributed by atoms with Gasteiger partial charge in [0.15, 0.2) is 0 Å². The lowest BCUT2D eigenvalue weighted by atomic mass is 9.90. The SMILES string of the molecule is Cc1ccc(-c2ccccc2)c(C(=O)N2CCC[C@@H](C)[C@H]2CNc2ccc(C(F)(F)F)cn2)n1. The minimum atomic E-state index is -4.43. The van der Waals surface area contributed by atoms with Crippen LogP contribution in [0.5, 0.6) is 0 Å². The van der Waals surface area contributed by atoms with E-state index in [1.165, 1.54) is 6.07 Å². The first-order valence-electron chi connectivity index (χ1n) is 11.3. The average molecular weight is 469 g/mol. The molecule has 34 heavy (non-hydrogen) atoms. The molecule has 0 bridgehead atoms. The van der Waals surface area contributed by atoms with Crippen molar-refractivity contribution in [1.29, 1.82) is 0 Å². The van der Waals surface area contributed by atoms with Crippen LogP contribution in [-0.2, 0) is 6.18 Å². The highest BCUT2D eigenvalue weighted by Crippen LogP contribution is 2.30. The molecule has 1 amide bonds. The van der Waals surface area contributed by atoms with Crippen molar-refractivity contribution in [1.82, 2.24) is 14.9 Å². The van der Waals surface area contributed by atoms with Gasteiger partial charge in [0.05, 0.1) is 11.6 Å². The van der Waals surface area contributed by atoms with Crippen LogP contribution in [0.4, 0.5) is 19.0 Å². The van der Waals surface area contributed by atoms with Crippen molar-refractivity contribution in [2.75, 3.05) is 18.4 Å². The van der Waals surface area contributed by atoms with Gasteiger partial charge in [-0.05, 0) is 49.4 Å². The number of halogens is 3. The molecular weight excluding hydrogens is 441 g/mol. The van der Waals surface area contributed by atoms with E-state index in [0.717, 1.165) is 41.9 Å². The van der Waals surface area contributed by atoms with Gasteiger partial charge in [-0.3, -0.25) is 4.79 Å². The van der Waals surface area contributed by atoms with Crippen LogP contribution in [0.3, 0.4) is 0 Å². The molecule has 4 rings (SSSR count). The van der Waals surface area contributed by atoms with Crippen molar-refractivity contribution in [2.45, 2.75) is 38.9 Å².